The largest absolute Gasteiger partial charge is 0.282 e. The Morgan fingerprint density at radius 3 is 2.65 bits per heavy atom. The predicted octanol–water partition coefficient (Wildman–Crippen LogP) is 3.53. The maximum atomic E-state index is 4.21. The quantitative estimate of drug-likeness (QED) is 0.791. The summed E-state index contributed by atoms with van der Waals surface area (Å²) >= 11 is 0. The number of aromatic nitrogens is 2. The zero-order chi connectivity index (χ0) is 12.0. The van der Waals surface area contributed by atoms with E-state index < -0.39 is 0 Å². The highest BCUT2D eigenvalue weighted by Crippen LogP contribution is 2.47. The molecule has 1 N–H and O–H groups in total. The maximum absolute atomic E-state index is 4.21. The molecule has 17 heavy (non-hydrogen) atoms. The molecule has 0 fully saturated rings. The van der Waals surface area contributed by atoms with Gasteiger partial charge in [-0.15, -0.1) is 0 Å². The van der Waals surface area contributed by atoms with Crippen LogP contribution < -0.4 is 0 Å². The van der Waals surface area contributed by atoms with Crippen LogP contribution in [0.15, 0.2) is 30.5 Å². The third-order valence-corrected chi connectivity index (χ3v) is 3.92. The molecule has 1 aromatic carbocycles. The van der Waals surface area contributed by atoms with E-state index in [4.69, 9.17) is 0 Å². The van der Waals surface area contributed by atoms with Crippen LogP contribution in [0, 0.1) is 6.92 Å². The van der Waals surface area contributed by atoms with Crippen LogP contribution in [0.25, 0.3) is 0 Å². The van der Waals surface area contributed by atoms with Gasteiger partial charge in [0.25, 0.3) is 0 Å². The van der Waals surface area contributed by atoms with E-state index in [1.54, 1.807) is 0 Å². The van der Waals surface area contributed by atoms with Crippen molar-refractivity contribution in [3.05, 3.63) is 52.8 Å². The summed E-state index contributed by atoms with van der Waals surface area (Å²) in [6.45, 7) is 6.71. The fourth-order valence-electron chi connectivity index (χ4n) is 2.92. The summed E-state index contributed by atoms with van der Waals surface area (Å²) in [5.41, 5.74) is 5.62. The Balaban J connectivity index is 2.05. The van der Waals surface area contributed by atoms with Crippen molar-refractivity contribution < 1.29 is 0 Å². The van der Waals surface area contributed by atoms with E-state index in [2.05, 4.69) is 55.2 Å². The molecule has 1 aliphatic rings. The van der Waals surface area contributed by atoms with Crippen molar-refractivity contribution >= 4 is 0 Å². The summed E-state index contributed by atoms with van der Waals surface area (Å²) in [4.78, 5) is 0. The van der Waals surface area contributed by atoms with Crippen molar-refractivity contribution in [2.75, 3.05) is 0 Å². The molecule has 0 bridgehead atoms. The molecule has 1 aliphatic carbocycles. The second kappa shape index (κ2) is 3.46. The highest BCUT2D eigenvalue weighted by molar-refractivity contribution is 5.42. The van der Waals surface area contributed by atoms with E-state index >= 15 is 0 Å². The number of fused-ring (bicyclic) bond motifs is 1. The summed E-state index contributed by atoms with van der Waals surface area (Å²) in [6.07, 6.45) is 3.16. The lowest BCUT2D eigenvalue weighted by Crippen LogP contribution is -2.14. The number of rotatable bonds is 1. The molecule has 1 atom stereocenters. The highest BCUT2D eigenvalue weighted by atomic mass is 15.1. The molecule has 2 nitrogen and oxygen atoms in total. The Labute approximate surface area is 102 Å². The van der Waals surface area contributed by atoms with Crippen LogP contribution in [0.1, 0.15) is 48.6 Å². The number of hydrogen-bond donors (Lipinski definition) is 1. The Bertz CT molecular complexity index is 534. The van der Waals surface area contributed by atoms with Gasteiger partial charge in [0, 0.05) is 22.6 Å². The molecule has 0 spiro atoms. The number of nitrogens with zero attached hydrogens (tertiary/aromatic N) is 1. The molecular formula is C15H18N2. The average molecular weight is 226 g/mol. The Morgan fingerprint density at radius 2 is 1.94 bits per heavy atom. The van der Waals surface area contributed by atoms with Gasteiger partial charge >= 0.3 is 0 Å². The second-order valence-electron chi connectivity index (χ2n) is 5.75. The Kier molecular flexibility index (Phi) is 2.15. The van der Waals surface area contributed by atoms with Gasteiger partial charge in [0.05, 0.1) is 6.20 Å². The van der Waals surface area contributed by atoms with E-state index in [1.165, 1.54) is 28.8 Å². The minimum atomic E-state index is 0.210. The van der Waals surface area contributed by atoms with Crippen LogP contribution >= 0.6 is 0 Å². The molecule has 0 aliphatic heterocycles. The zero-order valence-corrected chi connectivity index (χ0v) is 10.6. The van der Waals surface area contributed by atoms with Gasteiger partial charge in [-0.05, 0) is 18.9 Å². The summed E-state index contributed by atoms with van der Waals surface area (Å²) in [5.74, 6) is 0.499. The SMILES string of the molecule is Cc1ccc([C@@H]2CC(C)(C)c3[nH]ncc32)cc1. The van der Waals surface area contributed by atoms with Crippen molar-refractivity contribution in [2.45, 2.75) is 38.5 Å². The van der Waals surface area contributed by atoms with Crippen molar-refractivity contribution in [3.63, 3.8) is 0 Å². The van der Waals surface area contributed by atoms with Gasteiger partial charge in [0.15, 0.2) is 0 Å². The van der Waals surface area contributed by atoms with Crippen LogP contribution in [0.2, 0.25) is 0 Å². The van der Waals surface area contributed by atoms with Crippen LogP contribution in [0.3, 0.4) is 0 Å². The average Bonchev–Trinajstić information content (AvgIpc) is 2.84. The summed E-state index contributed by atoms with van der Waals surface area (Å²) in [5, 5.41) is 7.38. The fourth-order valence-corrected chi connectivity index (χ4v) is 2.92. The number of hydrogen-bond acceptors (Lipinski definition) is 1. The fraction of sp³-hybridized carbons (Fsp3) is 0.400. The summed E-state index contributed by atoms with van der Waals surface area (Å²) in [6, 6.07) is 8.89. The summed E-state index contributed by atoms with van der Waals surface area (Å²) in [7, 11) is 0. The number of aromatic amines is 1. The third-order valence-electron chi connectivity index (χ3n) is 3.92. The number of nitrogens with one attached hydrogen (secondary N) is 1. The van der Waals surface area contributed by atoms with E-state index in [1.807, 2.05) is 6.20 Å². The van der Waals surface area contributed by atoms with Gasteiger partial charge < -0.3 is 0 Å². The molecule has 0 saturated heterocycles. The molecule has 88 valence electrons. The first-order chi connectivity index (χ1) is 8.08. The first-order valence-electron chi connectivity index (χ1n) is 6.18. The normalized spacial score (nSPS) is 21.5. The van der Waals surface area contributed by atoms with E-state index in [9.17, 15) is 0 Å². The smallest absolute Gasteiger partial charge is 0.0528 e. The monoisotopic (exact) mass is 226 g/mol. The van der Waals surface area contributed by atoms with Gasteiger partial charge in [-0.25, -0.2) is 0 Å². The molecule has 2 aromatic rings. The lowest BCUT2D eigenvalue weighted by Gasteiger charge is -2.18. The first-order valence-corrected chi connectivity index (χ1v) is 6.18. The van der Waals surface area contributed by atoms with Crippen LogP contribution in [0.5, 0.6) is 0 Å². The number of benzene rings is 1. The molecule has 1 aromatic heterocycles. The molecule has 0 radical (unpaired) electrons. The van der Waals surface area contributed by atoms with E-state index in [0.29, 0.717) is 5.92 Å². The third kappa shape index (κ3) is 1.59. The van der Waals surface area contributed by atoms with Crippen LogP contribution in [0.4, 0.5) is 0 Å². The van der Waals surface area contributed by atoms with Gasteiger partial charge in [-0.1, -0.05) is 43.7 Å². The minimum Gasteiger partial charge on any atom is -0.282 e. The second-order valence-corrected chi connectivity index (χ2v) is 5.75. The Hall–Kier alpha value is -1.57. The van der Waals surface area contributed by atoms with Gasteiger partial charge in [-0.2, -0.15) is 5.10 Å². The molecule has 3 rings (SSSR count). The zero-order valence-electron chi connectivity index (χ0n) is 10.6. The van der Waals surface area contributed by atoms with Crippen LogP contribution in [-0.2, 0) is 5.41 Å². The topological polar surface area (TPSA) is 28.7 Å². The molecule has 2 heteroatoms. The van der Waals surface area contributed by atoms with Crippen molar-refractivity contribution in [1.82, 2.24) is 10.2 Å². The standard InChI is InChI=1S/C15H18N2/c1-10-4-6-11(7-5-10)12-8-15(2,3)14-13(12)9-16-17-14/h4-7,9,12H,8H2,1-3H3,(H,16,17)/t12-/m0/s1. The Morgan fingerprint density at radius 1 is 1.24 bits per heavy atom. The molecule has 0 amide bonds. The van der Waals surface area contributed by atoms with E-state index in [0.717, 1.165) is 0 Å². The molecule has 0 unspecified atom stereocenters. The van der Waals surface area contributed by atoms with Gasteiger partial charge in [0.2, 0.25) is 0 Å². The molecular weight excluding hydrogens is 208 g/mol. The van der Waals surface area contributed by atoms with E-state index in [-0.39, 0.29) is 5.41 Å². The number of aryl methyl sites for hydroxylation is 1. The first kappa shape index (κ1) is 10.6. The highest BCUT2D eigenvalue weighted by Gasteiger charge is 2.39. The molecule has 0 saturated carbocycles. The van der Waals surface area contributed by atoms with Crippen molar-refractivity contribution in [2.24, 2.45) is 0 Å². The van der Waals surface area contributed by atoms with Crippen molar-refractivity contribution in [1.29, 1.82) is 0 Å². The maximum Gasteiger partial charge on any atom is 0.0528 e. The lowest BCUT2D eigenvalue weighted by atomic mass is 9.86. The minimum absolute atomic E-state index is 0.210. The molecule has 1 heterocycles. The number of H-pyrrole nitrogens is 1. The predicted molar refractivity (Wildman–Crippen MR) is 69.3 cm³/mol. The lowest BCUT2D eigenvalue weighted by molar-refractivity contribution is 0.483. The van der Waals surface area contributed by atoms with Gasteiger partial charge in [0.1, 0.15) is 0 Å². The van der Waals surface area contributed by atoms with Gasteiger partial charge in [-0.3, -0.25) is 5.10 Å². The van der Waals surface area contributed by atoms with Crippen LogP contribution in [-0.4, -0.2) is 10.2 Å². The van der Waals surface area contributed by atoms with Crippen molar-refractivity contribution in [3.8, 4) is 0 Å². The summed E-state index contributed by atoms with van der Waals surface area (Å²) < 4.78 is 0.